The van der Waals surface area contributed by atoms with Crippen LogP contribution in [-0.4, -0.2) is 23.1 Å². The number of nitrogens with two attached hydrogens (primary N) is 2. The molecule has 5 nitrogen and oxygen atoms in total. The topological polar surface area (TPSA) is 89.8 Å². The van der Waals surface area contributed by atoms with Gasteiger partial charge in [-0.15, -0.1) is 0 Å². The molecule has 2 rings (SSSR count). The maximum Gasteiger partial charge on any atom is 0.416 e. The van der Waals surface area contributed by atoms with Crippen molar-refractivity contribution in [1.82, 2.24) is 9.97 Å². The van der Waals surface area contributed by atoms with Crippen LogP contribution in [0.25, 0.3) is 11.3 Å². The Hall–Kier alpha value is -2.35. The lowest BCUT2D eigenvalue weighted by molar-refractivity contribution is -0.137. The highest BCUT2D eigenvalue weighted by molar-refractivity contribution is 5.74. The van der Waals surface area contributed by atoms with Crippen LogP contribution in [0.3, 0.4) is 0 Å². The fraction of sp³-hybridized carbons (Fsp3) is 0.286. The summed E-state index contributed by atoms with van der Waals surface area (Å²) >= 11 is 0. The highest BCUT2D eigenvalue weighted by Gasteiger charge is 2.30. The predicted molar refractivity (Wildman–Crippen MR) is 79.0 cm³/mol. The monoisotopic (exact) mass is 311 g/mol. The quantitative estimate of drug-likeness (QED) is 0.738. The standard InChI is InChI=1S/C14H16F3N5/c15-14(16,17)10-4-2-9(3-5-10)12-11(20-7-1-6-18)8-21-13(19)22-12/h2-5,8,20H,1,6-7,18H2,(H2,19,21,22). The van der Waals surface area contributed by atoms with Crippen LogP contribution in [0.5, 0.6) is 0 Å². The highest BCUT2D eigenvalue weighted by Crippen LogP contribution is 2.32. The van der Waals surface area contributed by atoms with Crippen molar-refractivity contribution >= 4 is 11.6 Å². The summed E-state index contributed by atoms with van der Waals surface area (Å²) in [6.07, 6.45) is -2.12. The molecule has 0 amide bonds. The molecular formula is C14H16F3N5. The number of anilines is 2. The third-order valence-electron chi connectivity index (χ3n) is 2.99. The van der Waals surface area contributed by atoms with Crippen LogP contribution < -0.4 is 16.8 Å². The van der Waals surface area contributed by atoms with E-state index in [2.05, 4.69) is 15.3 Å². The Kier molecular flexibility index (Phi) is 4.81. The van der Waals surface area contributed by atoms with Crippen molar-refractivity contribution in [1.29, 1.82) is 0 Å². The lowest BCUT2D eigenvalue weighted by Crippen LogP contribution is -2.10. The second-order valence-corrected chi connectivity index (χ2v) is 4.63. The number of hydrogen-bond donors (Lipinski definition) is 3. The molecule has 0 spiro atoms. The van der Waals surface area contributed by atoms with E-state index in [1.54, 1.807) is 0 Å². The third kappa shape index (κ3) is 3.85. The normalized spacial score (nSPS) is 11.5. The zero-order valence-electron chi connectivity index (χ0n) is 11.7. The van der Waals surface area contributed by atoms with E-state index in [0.717, 1.165) is 18.6 Å². The number of nitrogens with one attached hydrogen (secondary N) is 1. The molecule has 0 bridgehead atoms. The van der Waals surface area contributed by atoms with Gasteiger partial charge in [0.15, 0.2) is 0 Å². The maximum absolute atomic E-state index is 12.6. The van der Waals surface area contributed by atoms with Crippen LogP contribution >= 0.6 is 0 Å². The largest absolute Gasteiger partial charge is 0.416 e. The molecular weight excluding hydrogens is 295 g/mol. The molecule has 0 atom stereocenters. The fourth-order valence-electron chi connectivity index (χ4n) is 1.89. The minimum Gasteiger partial charge on any atom is -0.382 e. The van der Waals surface area contributed by atoms with E-state index < -0.39 is 11.7 Å². The van der Waals surface area contributed by atoms with E-state index in [1.165, 1.54) is 18.3 Å². The molecule has 0 aliphatic heterocycles. The van der Waals surface area contributed by atoms with Gasteiger partial charge in [-0.2, -0.15) is 13.2 Å². The molecule has 8 heteroatoms. The molecule has 22 heavy (non-hydrogen) atoms. The Bertz CT molecular complexity index is 625. The lowest BCUT2D eigenvalue weighted by atomic mass is 10.1. The highest BCUT2D eigenvalue weighted by atomic mass is 19.4. The molecule has 0 saturated carbocycles. The number of halogens is 3. The van der Waals surface area contributed by atoms with Crippen molar-refractivity contribution in [2.24, 2.45) is 5.73 Å². The summed E-state index contributed by atoms with van der Waals surface area (Å²) in [5, 5.41) is 3.10. The van der Waals surface area contributed by atoms with Crippen LogP contribution in [0.1, 0.15) is 12.0 Å². The SMILES string of the molecule is NCCCNc1cnc(N)nc1-c1ccc(C(F)(F)F)cc1. The molecule has 5 N–H and O–H groups in total. The van der Waals surface area contributed by atoms with Crippen molar-refractivity contribution in [3.8, 4) is 11.3 Å². The molecule has 1 heterocycles. The first-order valence-electron chi connectivity index (χ1n) is 6.66. The number of aromatic nitrogens is 2. The van der Waals surface area contributed by atoms with E-state index >= 15 is 0 Å². The molecule has 1 aromatic carbocycles. The van der Waals surface area contributed by atoms with Gasteiger partial charge >= 0.3 is 6.18 Å². The second kappa shape index (κ2) is 6.61. The smallest absolute Gasteiger partial charge is 0.382 e. The first-order chi connectivity index (χ1) is 10.4. The minimum absolute atomic E-state index is 0.0549. The van der Waals surface area contributed by atoms with E-state index in [9.17, 15) is 13.2 Å². The van der Waals surface area contributed by atoms with Crippen molar-refractivity contribution in [2.75, 3.05) is 24.1 Å². The number of rotatable bonds is 5. The van der Waals surface area contributed by atoms with E-state index in [-0.39, 0.29) is 5.95 Å². The van der Waals surface area contributed by atoms with Gasteiger partial charge in [0, 0.05) is 12.1 Å². The summed E-state index contributed by atoms with van der Waals surface area (Å²) < 4.78 is 37.8. The summed E-state index contributed by atoms with van der Waals surface area (Å²) in [5.41, 5.74) is 11.9. The third-order valence-corrected chi connectivity index (χ3v) is 2.99. The Balaban J connectivity index is 2.32. The van der Waals surface area contributed by atoms with E-state index in [4.69, 9.17) is 11.5 Å². The molecule has 0 saturated heterocycles. The summed E-state index contributed by atoms with van der Waals surface area (Å²) in [6, 6.07) is 4.74. The Labute approximate surface area is 125 Å². The van der Waals surface area contributed by atoms with Gasteiger partial charge in [0.05, 0.1) is 23.1 Å². The first-order valence-corrected chi connectivity index (χ1v) is 6.66. The number of nitrogen functional groups attached to an aromatic ring is 1. The van der Waals surface area contributed by atoms with Crippen LogP contribution in [0.2, 0.25) is 0 Å². The van der Waals surface area contributed by atoms with Crippen LogP contribution in [0.15, 0.2) is 30.5 Å². The van der Waals surface area contributed by atoms with Gasteiger partial charge in [0.25, 0.3) is 0 Å². The molecule has 0 radical (unpaired) electrons. The van der Waals surface area contributed by atoms with E-state index in [1.807, 2.05) is 0 Å². The molecule has 0 fully saturated rings. The number of hydrogen-bond acceptors (Lipinski definition) is 5. The van der Waals surface area contributed by atoms with Gasteiger partial charge in [-0.1, -0.05) is 12.1 Å². The average Bonchev–Trinajstić information content (AvgIpc) is 2.48. The summed E-state index contributed by atoms with van der Waals surface area (Å²) in [6.45, 7) is 1.13. The van der Waals surface area contributed by atoms with Crippen LogP contribution in [-0.2, 0) is 6.18 Å². The average molecular weight is 311 g/mol. The molecule has 118 valence electrons. The van der Waals surface area contributed by atoms with Crippen LogP contribution in [0, 0.1) is 0 Å². The lowest BCUT2D eigenvalue weighted by Gasteiger charge is -2.12. The first kappa shape index (κ1) is 16.0. The summed E-state index contributed by atoms with van der Waals surface area (Å²) in [4.78, 5) is 8.00. The molecule has 0 aliphatic carbocycles. The fourth-order valence-corrected chi connectivity index (χ4v) is 1.89. The van der Waals surface area contributed by atoms with Crippen molar-refractivity contribution < 1.29 is 13.2 Å². The Morgan fingerprint density at radius 3 is 2.41 bits per heavy atom. The van der Waals surface area contributed by atoms with Crippen molar-refractivity contribution in [3.05, 3.63) is 36.0 Å². The number of alkyl halides is 3. The summed E-state index contributed by atoms with van der Waals surface area (Å²) in [5.74, 6) is 0.0549. The second-order valence-electron chi connectivity index (χ2n) is 4.63. The summed E-state index contributed by atoms with van der Waals surface area (Å²) in [7, 11) is 0. The van der Waals surface area contributed by atoms with E-state index in [0.29, 0.717) is 30.0 Å². The van der Waals surface area contributed by atoms with Gasteiger partial charge in [-0.25, -0.2) is 9.97 Å². The van der Waals surface area contributed by atoms with Gasteiger partial charge < -0.3 is 16.8 Å². The Morgan fingerprint density at radius 2 is 1.82 bits per heavy atom. The number of nitrogens with zero attached hydrogens (tertiary/aromatic N) is 2. The predicted octanol–water partition coefficient (Wildman–Crippen LogP) is 2.51. The molecule has 1 aromatic heterocycles. The minimum atomic E-state index is -4.37. The number of benzene rings is 1. The van der Waals surface area contributed by atoms with Crippen molar-refractivity contribution in [2.45, 2.75) is 12.6 Å². The molecule has 2 aromatic rings. The molecule has 0 aliphatic rings. The van der Waals surface area contributed by atoms with Crippen LogP contribution in [0.4, 0.5) is 24.8 Å². The van der Waals surface area contributed by atoms with Gasteiger partial charge in [0.1, 0.15) is 0 Å². The maximum atomic E-state index is 12.6. The van der Waals surface area contributed by atoms with Gasteiger partial charge in [-0.3, -0.25) is 0 Å². The van der Waals surface area contributed by atoms with Crippen molar-refractivity contribution in [3.63, 3.8) is 0 Å². The van der Waals surface area contributed by atoms with Gasteiger partial charge in [0.2, 0.25) is 5.95 Å². The zero-order valence-corrected chi connectivity index (χ0v) is 11.7. The van der Waals surface area contributed by atoms with Gasteiger partial charge in [-0.05, 0) is 25.1 Å². The molecule has 0 unspecified atom stereocenters. The zero-order chi connectivity index (χ0) is 16.2. The Morgan fingerprint density at radius 1 is 1.14 bits per heavy atom.